The Balaban J connectivity index is 2.02. The van der Waals surface area contributed by atoms with E-state index in [1.54, 1.807) is 19.9 Å². The number of H-pyrrole nitrogens is 1. The first-order valence-electron chi connectivity index (χ1n) is 6.54. The first-order chi connectivity index (χ1) is 9.89. The Bertz CT molecular complexity index is 818. The SMILES string of the molecule is Cc1cc(C2CCCN2S(=O)(=O)c2sc(=O)[nH]c2C)on1. The Morgan fingerprint density at radius 2 is 2.24 bits per heavy atom. The number of hydrogen-bond donors (Lipinski definition) is 1. The zero-order chi connectivity index (χ0) is 15.2. The molecule has 0 radical (unpaired) electrons. The summed E-state index contributed by atoms with van der Waals surface area (Å²) in [5, 5.41) is 3.82. The van der Waals surface area contributed by atoms with E-state index in [4.69, 9.17) is 4.52 Å². The van der Waals surface area contributed by atoms with Crippen LogP contribution in [0.25, 0.3) is 0 Å². The van der Waals surface area contributed by atoms with Crippen LogP contribution in [0, 0.1) is 13.8 Å². The highest BCUT2D eigenvalue weighted by Crippen LogP contribution is 2.37. The fourth-order valence-electron chi connectivity index (χ4n) is 2.60. The third-order valence-corrected chi connectivity index (χ3v) is 6.99. The predicted molar refractivity (Wildman–Crippen MR) is 76.8 cm³/mol. The van der Waals surface area contributed by atoms with Crippen molar-refractivity contribution in [2.24, 2.45) is 0 Å². The minimum Gasteiger partial charge on any atom is -0.359 e. The number of nitrogens with one attached hydrogen (secondary N) is 1. The van der Waals surface area contributed by atoms with Gasteiger partial charge in [-0.1, -0.05) is 16.5 Å². The summed E-state index contributed by atoms with van der Waals surface area (Å²) in [7, 11) is -3.70. The summed E-state index contributed by atoms with van der Waals surface area (Å²) in [6.45, 7) is 3.80. The highest BCUT2D eigenvalue weighted by Gasteiger charge is 2.39. The van der Waals surface area contributed by atoms with Crippen LogP contribution in [0.2, 0.25) is 0 Å². The zero-order valence-corrected chi connectivity index (χ0v) is 13.3. The molecule has 0 saturated carbocycles. The molecule has 7 nitrogen and oxygen atoms in total. The number of aryl methyl sites for hydroxylation is 2. The van der Waals surface area contributed by atoms with Crippen LogP contribution >= 0.6 is 11.3 Å². The second kappa shape index (κ2) is 5.08. The van der Waals surface area contributed by atoms with Crippen LogP contribution in [0.15, 0.2) is 19.6 Å². The zero-order valence-electron chi connectivity index (χ0n) is 11.6. The number of hydrogen-bond acceptors (Lipinski definition) is 6. The maximum Gasteiger partial charge on any atom is 0.305 e. The van der Waals surface area contributed by atoms with Gasteiger partial charge in [-0.25, -0.2) is 8.42 Å². The molecule has 21 heavy (non-hydrogen) atoms. The van der Waals surface area contributed by atoms with Gasteiger partial charge >= 0.3 is 4.87 Å². The average molecular weight is 329 g/mol. The molecule has 1 N–H and O–H groups in total. The molecule has 1 aliphatic heterocycles. The second-order valence-corrected chi connectivity index (χ2v) is 8.14. The Morgan fingerprint density at radius 1 is 1.48 bits per heavy atom. The Kier molecular flexibility index (Phi) is 3.50. The molecule has 0 spiro atoms. The summed E-state index contributed by atoms with van der Waals surface area (Å²) in [6, 6.07) is 1.40. The lowest BCUT2D eigenvalue weighted by Crippen LogP contribution is -2.30. The van der Waals surface area contributed by atoms with Crippen molar-refractivity contribution < 1.29 is 12.9 Å². The van der Waals surface area contributed by atoms with Crippen LogP contribution in [0.3, 0.4) is 0 Å². The molecule has 1 saturated heterocycles. The van der Waals surface area contributed by atoms with Crippen molar-refractivity contribution >= 4 is 21.4 Å². The Labute approximate surface area is 125 Å². The highest BCUT2D eigenvalue weighted by atomic mass is 32.2. The molecule has 0 amide bonds. The van der Waals surface area contributed by atoms with E-state index in [1.807, 2.05) is 0 Å². The van der Waals surface area contributed by atoms with Gasteiger partial charge in [0.2, 0.25) is 0 Å². The second-order valence-electron chi connectivity index (χ2n) is 5.07. The molecule has 0 aromatic carbocycles. The normalized spacial score (nSPS) is 20.2. The van der Waals surface area contributed by atoms with Gasteiger partial charge in [-0.2, -0.15) is 4.31 Å². The molecule has 2 aromatic heterocycles. The summed E-state index contributed by atoms with van der Waals surface area (Å²) in [6.07, 6.45) is 1.44. The summed E-state index contributed by atoms with van der Waals surface area (Å²) in [5.74, 6) is 0.550. The number of sulfonamides is 1. The van der Waals surface area contributed by atoms with E-state index in [2.05, 4.69) is 10.1 Å². The van der Waals surface area contributed by atoms with Gasteiger partial charge in [0.25, 0.3) is 10.0 Å². The lowest BCUT2D eigenvalue weighted by molar-refractivity contribution is 0.297. The quantitative estimate of drug-likeness (QED) is 0.922. The molecule has 0 aliphatic carbocycles. The minimum absolute atomic E-state index is 0.0793. The smallest absolute Gasteiger partial charge is 0.305 e. The van der Waals surface area contributed by atoms with Gasteiger partial charge in [-0.3, -0.25) is 4.79 Å². The van der Waals surface area contributed by atoms with E-state index >= 15 is 0 Å². The van der Waals surface area contributed by atoms with E-state index in [1.165, 1.54) is 4.31 Å². The van der Waals surface area contributed by atoms with Crippen molar-refractivity contribution in [3.8, 4) is 0 Å². The number of nitrogens with zero attached hydrogens (tertiary/aromatic N) is 2. The van der Waals surface area contributed by atoms with E-state index in [0.29, 0.717) is 24.4 Å². The molecule has 1 atom stereocenters. The Morgan fingerprint density at radius 3 is 2.81 bits per heavy atom. The standard InChI is InChI=1S/C12H15N3O4S2/c1-7-6-10(19-14-7)9-4-3-5-15(9)21(17,18)11-8(2)13-12(16)20-11/h6,9H,3-5H2,1-2H3,(H,13,16). The first-order valence-corrected chi connectivity index (χ1v) is 8.80. The van der Waals surface area contributed by atoms with Crippen molar-refractivity contribution in [3.05, 3.63) is 32.9 Å². The Hall–Kier alpha value is -1.45. The topological polar surface area (TPSA) is 96.3 Å². The lowest BCUT2D eigenvalue weighted by atomic mass is 10.2. The molecule has 1 aliphatic rings. The van der Waals surface area contributed by atoms with Crippen LogP contribution in [0.1, 0.15) is 36.0 Å². The molecule has 1 unspecified atom stereocenters. The number of rotatable bonds is 3. The summed E-state index contributed by atoms with van der Waals surface area (Å²) >= 11 is 0.724. The van der Waals surface area contributed by atoms with Crippen LogP contribution in [-0.2, 0) is 10.0 Å². The van der Waals surface area contributed by atoms with Crippen molar-refractivity contribution in [1.82, 2.24) is 14.4 Å². The summed E-state index contributed by atoms with van der Waals surface area (Å²) < 4.78 is 32.3. The van der Waals surface area contributed by atoms with Crippen molar-refractivity contribution in [1.29, 1.82) is 0 Å². The van der Waals surface area contributed by atoms with Crippen molar-refractivity contribution in [2.75, 3.05) is 6.54 Å². The lowest BCUT2D eigenvalue weighted by Gasteiger charge is -2.21. The van der Waals surface area contributed by atoms with Crippen LogP contribution in [-0.4, -0.2) is 29.4 Å². The number of thiazole rings is 1. The highest BCUT2D eigenvalue weighted by molar-refractivity contribution is 7.91. The van der Waals surface area contributed by atoms with E-state index in [9.17, 15) is 13.2 Å². The van der Waals surface area contributed by atoms with Crippen LogP contribution in [0.4, 0.5) is 0 Å². The molecule has 3 heterocycles. The monoisotopic (exact) mass is 329 g/mol. The fourth-order valence-corrected chi connectivity index (χ4v) is 5.67. The number of aromatic nitrogens is 2. The molecule has 3 rings (SSSR count). The van der Waals surface area contributed by atoms with Gasteiger partial charge in [0.05, 0.1) is 11.7 Å². The molecule has 114 valence electrons. The first kappa shape index (κ1) is 14.5. The third kappa shape index (κ3) is 2.45. The van der Waals surface area contributed by atoms with Gasteiger partial charge in [0.1, 0.15) is 0 Å². The van der Waals surface area contributed by atoms with Crippen molar-refractivity contribution in [3.63, 3.8) is 0 Å². The van der Waals surface area contributed by atoms with E-state index in [-0.39, 0.29) is 15.1 Å². The van der Waals surface area contributed by atoms with Crippen LogP contribution < -0.4 is 4.87 Å². The number of aromatic amines is 1. The molecule has 2 aromatic rings. The minimum atomic E-state index is -3.70. The average Bonchev–Trinajstić information content (AvgIpc) is 3.08. The van der Waals surface area contributed by atoms with Gasteiger partial charge in [-0.15, -0.1) is 0 Å². The van der Waals surface area contributed by atoms with Gasteiger partial charge in [0.15, 0.2) is 9.97 Å². The summed E-state index contributed by atoms with van der Waals surface area (Å²) in [5.41, 5.74) is 1.10. The molecule has 1 fully saturated rings. The maximum atomic E-state index is 12.8. The molecular weight excluding hydrogens is 314 g/mol. The largest absolute Gasteiger partial charge is 0.359 e. The van der Waals surface area contributed by atoms with E-state index in [0.717, 1.165) is 23.5 Å². The fraction of sp³-hybridized carbons (Fsp3) is 0.500. The predicted octanol–water partition coefficient (Wildman–Crippen LogP) is 1.57. The van der Waals surface area contributed by atoms with E-state index < -0.39 is 10.0 Å². The van der Waals surface area contributed by atoms with Gasteiger partial charge < -0.3 is 9.51 Å². The van der Waals surface area contributed by atoms with Gasteiger partial charge in [-0.05, 0) is 26.7 Å². The summed E-state index contributed by atoms with van der Waals surface area (Å²) in [4.78, 5) is 13.5. The third-order valence-electron chi connectivity index (χ3n) is 3.50. The molecular formula is C12H15N3O4S2. The molecule has 9 heteroatoms. The maximum absolute atomic E-state index is 12.8. The van der Waals surface area contributed by atoms with Crippen molar-refractivity contribution in [2.45, 2.75) is 36.9 Å². The van der Waals surface area contributed by atoms with Gasteiger partial charge in [0, 0.05) is 18.3 Å². The molecule has 0 bridgehead atoms. The van der Waals surface area contributed by atoms with Crippen LogP contribution in [0.5, 0.6) is 0 Å².